The number of halogens is 1. The Morgan fingerprint density at radius 3 is 2.94 bits per heavy atom. The number of hydrogen-bond donors (Lipinski definition) is 2. The highest BCUT2D eigenvalue weighted by molar-refractivity contribution is 6.31. The molecule has 1 aliphatic carbocycles. The summed E-state index contributed by atoms with van der Waals surface area (Å²) in [5, 5.41) is 3.64. The van der Waals surface area contributed by atoms with Crippen LogP contribution in [0.25, 0.3) is 0 Å². The number of nitrogens with one attached hydrogen (secondary N) is 1. The maximum atomic E-state index is 11.6. The van der Waals surface area contributed by atoms with E-state index in [1.54, 1.807) is 12.1 Å². The molecule has 0 aliphatic heterocycles. The van der Waals surface area contributed by atoms with Gasteiger partial charge in [-0.3, -0.25) is 9.69 Å². The molecule has 0 spiro atoms. The largest absolute Gasteiger partial charge is 0.399 e. The van der Waals surface area contributed by atoms with Gasteiger partial charge in [0.2, 0.25) is 5.91 Å². The Morgan fingerprint density at radius 2 is 2.28 bits per heavy atom. The van der Waals surface area contributed by atoms with Crippen molar-refractivity contribution in [3.05, 3.63) is 28.8 Å². The van der Waals surface area contributed by atoms with Gasteiger partial charge in [-0.1, -0.05) is 11.6 Å². The fraction of sp³-hybridized carbons (Fsp3) is 0.462. The Balaban J connectivity index is 1.87. The van der Waals surface area contributed by atoms with Crippen LogP contribution in [0.15, 0.2) is 18.2 Å². The molecule has 4 nitrogen and oxygen atoms in total. The fourth-order valence-electron chi connectivity index (χ4n) is 1.81. The summed E-state index contributed by atoms with van der Waals surface area (Å²) >= 11 is 6.09. The number of nitrogens with two attached hydrogens (primary N) is 1. The van der Waals surface area contributed by atoms with Gasteiger partial charge in [0.1, 0.15) is 0 Å². The van der Waals surface area contributed by atoms with Gasteiger partial charge in [-0.15, -0.1) is 0 Å². The molecule has 1 aliphatic rings. The van der Waals surface area contributed by atoms with Crippen molar-refractivity contribution in [3.8, 4) is 0 Å². The van der Waals surface area contributed by atoms with Gasteiger partial charge in [0.05, 0.1) is 6.54 Å². The van der Waals surface area contributed by atoms with Crippen LogP contribution in [0, 0.1) is 0 Å². The molecule has 1 fully saturated rings. The van der Waals surface area contributed by atoms with Crippen LogP contribution in [-0.4, -0.2) is 30.4 Å². The van der Waals surface area contributed by atoms with Crippen molar-refractivity contribution in [2.45, 2.75) is 25.4 Å². The molecule has 0 saturated heterocycles. The van der Waals surface area contributed by atoms with E-state index in [1.807, 2.05) is 18.0 Å². The zero-order valence-corrected chi connectivity index (χ0v) is 11.2. The average molecular weight is 268 g/mol. The molecule has 1 aromatic rings. The molecule has 1 amide bonds. The molecule has 0 radical (unpaired) electrons. The number of rotatable bonds is 5. The first kappa shape index (κ1) is 13.2. The lowest BCUT2D eigenvalue weighted by atomic mass is 10.2. The Labute approximate surface area is 112 Å². The maximum absolute atomic E-state index is 11.6. The molecular weight excluding hydrogens is 250 g/mol. The summed E-state index contributed by atoms with van der Waals surface area (Å²) in [7, 11) is 1.89. The molecule has 1 aromatic carbocycles. The SMILES string of the molecule is CN(CC(=O)NC1CC1)Cc1cc(N)ccc1Cl. The second-order valence-corrected chi connectivity index (χ2v) is 5.27. The van der Waals surface area contributed by atoms with Crippen molar-refractivity contribution >= 4 is 23.2 Å². The Morgan fingerprint density at radius 1 is 1.56 bits per heavy atom. The summed E-state index contributed by atoms with van der Waals surface area (Å²) in [6.45, 7) is 0.990. The number of carbonyl (C=O) groups is 1. The predicted molar refractivity (Wildman–Crippen MR) is 73.4 cm³/mol. The van der Waals surface area contributed by atoms with Gasteiger partial charge >= 0.3 is 0 Å². The van der Waals surface area contributed by atoms with Crippen LogP contribution in [0.5, 0.6) is 0 Å². The molecule has 98 valence electrons. The first-order chi connectivity index (χ1) is 8.54. The third-order valence-electron chi connectivity index (χ3n) is 2.87. The Bertz CT molecular complexity index is 446. The average Bonchev–Trinajstić information content (AvgIpc) is 3.07. The predicted octanol–water partition coefficient (Wildman–Crippen LogP) is 1.63. The van der Waals surface area contributed by atoms with Gasteiger partial charge in [-0.05, 0) is 43.7 Å². The molecule has 5 heteroatoms. The highest BCUT2D eigenvalue weighted by Crippen LogP contribution is 2.20. The second kappa shape index (κ2) is 5.59. The van der Waals surface area contributed by atoms with Crippen LogP contribution in [0.2, 0.25) is 5.02 Å². The van der Waals surface area contributed by atoms with E-state index in [1.165, 1.54) is 0 Å². The number of carbonyl (C=O) groups excluding carboxylic acids is 1. The Kier molecular flexibility index (Phi) is 4.09. The van der Waals surface area contributed by atoms with Crippen molar-refractivity contribution in [1.29, 1.82) is 0 Å². The van der Waals surface area contributed by atoms with Crippen LogP contribution >= 0.6 is 11.6 Å². The number of nitrogens with zero attached hydrogens (tertiary/aromatic N) is 1. The van der Waals surface area contributed by atoms with Gasteiger partial charge in [-0.2, -0.15) is 0 Å². The maximum Gasteiger partial charge on any atom is 0.234 e. The van der Waals surface area contributed by atoms with Gasteiger partial charge in [0.25, 0.3) is 0 Å². The molecular formula is C13H18ClN3O. The monoisotopic (exact) mass is 267 g/mol. The van der Waals surface area contributed by atoms with Crippen LogP contribution in [0.3, 0.4) is 0 Å². The first-order valence-corrected chi connectivity index (χ1v) is 6.44. The Hall–Kier alpha value is -1.26. The van der Waals surface area contributed by atoms with Crippen molar-refractivity contribution in [1.82, 2.24) is 10.2 Å². The molecule has 18 heavy (non-hydrogen) atoms. The van der Waals surface area contributed by atoms with E-state index in [2.05, 4.69) is 5.32 Å². The lowest BCUT2D eigenvalue weighted by Gasteiger charge is -2.17. The van der Waals surface area contributed by atoms with E-state index < -0.39 is 0 Å². The third-order valence-corrected chi connectivity index (χ3v) is 3.23. The quantitative estimate of drug-likeness (QED) is 0.798. The third kappa shape index (κ3) is 3.89. The van der Waals surface area contributed by atoms with E-state index in [4.69, 9.17) is 17.3 Å². The van der Waals surface area contributed by atoms with E-state index in [-0.39, 0.29) is 5.91 Å². The van der Waals surface area contributed by atoms with Crippen molar-refractivity contribution in [2.24, 2.45) is 0 Å². The van der Waals surface area contributed by atoms with E-state index in [9.17, 15) is 4.79 Å². The number of benzene rings is 1. The van der Waals surface area contributed by atoms with E-state index >= 15 is 0 Å². The second-order valence-electron chi connectivity index (χ2n) is 4.86. The summed E-state index contributed by atoms with van der Waals surface area (Å²) in [5.74, 6) is 0.0695. The number of amides is 1. The summed E-state index contributed by atoms with van der Waals surface area (Å²) in [6, 6.07) is 5.80. The highest BCUT2D eigenvalue weighted by atomic mass is 35.5. The lowest BCUT2D eigenvalue weighted by Crippen LogP contribution is -2.36. The van der Waals surface area contributed by atoms with Gasteiger partial charge in [-0.25, -0.2) is 0 Å². The topological polar surface area (TPSA) is 58.4 Å². The molecule has 0 bridgehead atoms. The summed E-state index contributed by atoms with van der Waals surface area (Å²) in [4.78, 5) is 13.6. The van der Waals surface area contributed by atoms with Gasteiger partial charge in [0, 0.05) is 23.3 Å². The number of likely N-dealkylation sites (N-methyl/N-ethyl adjacent to an activating group) is 1. The lowest BCUT2D eigenvalue weighted by molar-refractivity contribution is -0.122. The normalized spacial score (nSPS) is 14.8. The minimum Gasteiger partial charge on any atom is -0.399 e. The molecule has 0 atom stereocenters. The van der Waals surface area contributed by atoms with Crippen LogP contribution in [-0.2, 0) is 11.3 Å². The number of hydrogen-bond acceptors (Lipinski definition) is 3. The molecule has 2 rings (SSSR count). The van der Waals surface area contributed by atoms with E-state index in [0.717, 1.165) is 18.4 Å². The summed E-state index contributed by atoms with van der Waals surface area (Å²) < 4.78 is 0. The molecule has 3 N–H and O–H groups in total. The molecule has 0 heterocycles. The van der Waals surface area contributed by atoms with Crippen molar-refractivity contribution in [3.63, 3.8) is 0 Å². The molecule has 1 saturated carbocycles. The van der Waals surface area contributed by atoms with Crippen LogP contribution in [0.4, 0.5) is 5.69 Å². The minimum absolute atomic E-state index is 0.0695. The zero-order chi connectivity index (χ0) is 13.1. The van der Waals surface area contributed by atoms with Crippen LogP contribution in [0.1, 0.15) is 18.4 Å². The fourth-order valence-corrected chi connectivity index (χ4v) is 1.99. The zero-order valence-electron chi connectivity index (χ0n) is 10.4. The van der Waals surface area contributed by atoms with Crippen molar-refractivity contribution < 1.29 is 4.79 Å². The number of anilines is 1. The minimum atomic E-state index is 0.0695. The van der Waals surface area contributed by atoms with Gasteiger partial charge < -0.3 is 11.1 Å². The van der Waals surface area contributed by atoms with Crippen LogP contribution < -0.4 is 11.1 Å². The van der Waals surface area contributed by atoms with Crippen molar-refractivity contribution in [2.75, 3.05) is 19.3 Å². The van der Waals surface area contributed by atoms with E-state index in [0.29, 0.717) is 29.8 Å². The molecule has 0 aromatic heterocycles. The highest BCUT2D eigenvalue weighted by Gasteiger charge is 2.23. The number of nitrogen functional groups attached to an aromatic ring is 1. The first-order valence-electron chi connectivity index (χ1n) is 6.06. The molecule has 0 unspecified atom stereocenters. The standard InChI is InChI=1S/C13H18ClN3O/c1-17(8-13(18)16-11-3-4-11)7-9-6-10(15)2-5-12(9)14/h2,5-6,11H,3-4,7-8,15H2,1H3,(H,16,18). The summed E-state index contributed by atoms with van der Waals surface area (Å²) in [6.07, 6.45) is 2.22. The van der Waals surface area contributed by atoms with Gasteiger partial charge in [0.15, 0.2) is 0 Å². The summed E-state index contributed by atoms with van der Waals surface area (Å²) in [5.41, 5.74) is 7.35. The smallest absolute Gasteiger partial charge is 0.234 e.